The van der Waals surface area contributed by atoms with Crippen molar-refractivity contribution in [2.24, 2.45) is 4.99 Å². The molecule has 0 amide bonds. The van der Waals surface area contributed by atoms with Gasteiger partial charge in [0.25, 0.3) is 0 Å². The second-order valence-electron chi connectivity index (χ2n) is 6.39. The molecule has 2 N–H and O–H groups in total. The van der Waals surface area contributed by atoms with Gasteiger partial charge in [-0.15, -0.1) is 0 Å². The lowest BCUT2D eigenvalue weighted by atomic mass is 10.2. The summed E-state index contributed by atoms with van der Waals surface area (Å²) < 4.78 is 0. The average molecular weight is 327 g/mol. The van der Waals surface area contributed by atoms with Gasteiger partial charge in [-0.2, -0.15) is 11.8 Å². The van der Waals surface area contributed by atoms with Crippen LogP contribution in [0.15, 0.2) is 4.99 Å². The number of nitrogens with zero attached hydrogens (tertiary/aromatic N) is 2. The van der Waals surface area contributed by atoms with Gasteiger partial charge in [-0.3, -0.25) is 4.99 Å². The van der Waals surface area contributed by atoms with Crippen LogP contribution in [0, 0.1) is 0 Å². The fraction of sp³-hybridized carbons (Fsp3) is 0.941. The summed E-state index contributed by atoms with van der Waals surface area (Å²) >= 11 is 2.08. The van der Waals surface area contributed by atoms with Crippen LogP contribution in [0.3, 0.4) is 0 Å². The highest BCUT2D eigenvalue weighted by atomic mass is 32.2. The second-order valence-corrected chi connectivity index (χ2v) is 7.80. The number of hydrogen-bond acceptors (Lipinski definition) is 3. The van der Waals surface area contributed by atoms with Gasteiger partial charge in [0.15, 0.2) is 5.96 Å². The van der Waals surface area contributed by atoms with Crippen LogP contribution in [0.2, 0.25) is 0 Å². The summed E-state index contributed by atoms with van der Waals surface area (Å²) in [5, 5.41) is 7.62. The maximum atomic E-state index is 4.75. The molecule has 128 valence electrons. The third-order valence-corrected chi connectivity index (χ3v) is 5.84. The first-order chi connectivity index (χ1) is 10.9. The first-order valence-corrected chi connectivity index (χ1v) is 10.3. The van der Waals surface area contributed by atoms with E-state index in [0.717, 1.165) is 30.8 Å². The molecule has 0 radical (unpaired) electrons. The monoisotopic (exact) mass is 326 g/mol. The zero-order valence-electron chi connectivity index (χ0n) is 14.3. The first kappa shape index (κ1) is 17.9. The van der Waals surface area contributed by atoms with Crippen LogP contribution in [0.4, 0.5) is 0 Å². The second kappa shape index (κ2) is 11.2. The molecule has 22 heavy (non-hydrogen) atoms. The van der Waals surface area contributed by atoms with E-state index in [2.05, 4.69) is 34.2 Å². The summed E-state index contributed by atoms with van der Waals surface area (Å²) in [6.45, 7) is 8.89. The van der Waals surface area contributed by atoms with Gasteiger partial charge < -0.3 is 15.5 Å². The van der Waals surface area contributed by atoms with E-state index < -0.39 is 0 Å². The molecule has 2 aliphatic rings. The van der Waals surface area contributed by atoms with Crippen molar-refractivity contribution in [1.82, 2.24) is 15.5 Å². The Balaban J connectivity index is 1.61. The van der Waals surface area contributed by atoms with Gasteiger partial charge in [-0.25, -0.2) is 0 Å². The lowest BCUT2D eigenvalue weighted by molar-refractivity contribution is 0.282. The summed E-state index contributed by atoms with van der Waals surface area (Å²) in [5.41, 5.74) is 0. The van der Waals surface area contributed by atoms with Crippen LogP contribution in [0.1, 0.15) is 51.9 Å². The third kappa shape index (κ3) is 7.23. The maximum Gasteiger partial charge on any atom is 0.191 e. The number of rotatable bonds is 7. The molecular formula is C17H34N4S. The molecular weight excluding hydrogens is 292 g/mol. The summed E-state index contributed by atoms with van der Waals surface area (Å²) in [5.74, 6) is 2.32. The summed E-state index contributed by atoms with van der Waals surface area (Å²) in [7, 11) is 0. The van der Waals surface area contributed by atoms with E-state index >= 15 is 0 Å². The zero-order valence-corrected chi connectivity index (χ0v) is 15.1. The Labute approximate surface area is 140 Å². The van der Waals surface area contributed by atoms with Crippen LogP contribution in [-0.2, 0) is 0 Å². The van der Waals surface area contributed by atoms with Crippen LogP contribution in [0.25, 0.3) is 0 Å². The van der Waals surface area contributed by atoms with Crippen molar-refractivity contribution >= 4 is 17.7 Å². The van der Waals surface area contributed by atoms with E-state index in [1.807, 2.05) is 0 Å². The maximum absolute atomic E-state index is 4.75. The predicted molar refractivity (Wildman–Crippen MR) is 99.0 cm³/mol. The summed E-state index contributed by atoms with van der Waals surface area (Å²) in [4.78, 5) is 7.39. The minimum Gasteiger partial charge on any atom is -0.357 e. The molecule has 0 saturated carbocycles. The molecule has 0 aromatic rings. The highest BCUT2D eigenvalue weighted by molar-refractivity contribution is 8.00. The number of hydrogen-bond donors (Lipinski definition) is 2. The zero-order chi connectivity index (χ0) is 15.5. The fourth-order valence-corrected chi connectivity index (χ4v) is 4.37. The first-order valence-electron chi connectivity index (χ1n) is 9.24. The van der Waals surface area contributed by atoms with E-state index in [4.69, 9.17) is 4.99 Å². The topological polar surface area (TPSA) is 39.7 Å². The van der Waals surface area contributed by atoms with Crippen molar-refractivity contribution in [2.45, 2.75) is 57.1 Å². The average Bonchev–Trinajstić information content (AvgIpc) is 2.92. The molecule has 0 aromatic carbocycles. The number of nitrogens with one attached hydrogen (secondary N) is 2. The van der Waals surface area contributed by atoms with Crippen LogP contribution < -0.4 is 10.6 Å². The van der Waals surface area contributed by atoms with Crippen molar-refractivity contribution < 1.29 is 0 Å². The van der Waals surface area contributed by atoms with Crippen molar-refractivity contribution in [3.63, 3.8) is 0 Å². The minimum atomic E-state index is 0.743. The van der Waals surface area contributed by atoms with Gasteiger partial charge in [-0.05, 0) is 64.4 Å². The Morgan fingerprint density at radius 2 is 1.95 bits per heavy atom. The molecule has 2 rings (SSSR count). The Morgan fingerprint density at radius 3 is 2.64 bits per heavy atom. The third-order valence-electron chi connectivity index (χ3n) is 4.46. The molecule has 5 heteroatoms. The number of thioether (sulfide) groups is 1. The van der Waals surface area contributed by atoms with E-state index in [0.29, 0.717) is 0 Å². The van der Waals surface area contributed by atoms with Gasteiger partial charge in [0.2, 0.25) is 0 Å². The standard InChI is InChI=1S/C17H34N4S/c1-2-18-17(20-15-16-9-7-14-22-16)19-10-8-13-21-11-5-3-4-6-12-21/h16H,2-15H2,1H3,(H2,18,19,20). The molecule has 1 atom stereocenters. The van der Waals surface area contributed by atoms with Crippen molar-refractivity contribution in [1.29, 1.82) is 0 Å². The number of likely N-dealkylation sites (tertiary alicyclic amines) is 1. The molecule has 0 aliphatic carbocycles. The smallest absolute Gasteiger partial charge is 0.191 e. The van der Waals surface area contributed by atoms with Gasteiger partial charge >= 0.3 is 0 Å². The molecule has 0 aromatic heterocycles. The quantitative estimate of drug-likeness (QED) is 0.429. The summed E-state index contributed by atoms with van der Waals surface area (Å²) in [6, 6.07) is 0. The Bertz CT molecular complexity index is 308. The lowest BCUT2D eigenvalue weighted by Gasteiger charge is -2.20. The molecule has 0 bridgehead atoms. The van der Waals surface area contributed by atoms with E-state index in [1.165, 1.54) is 70.3 Å². The van der Waals surface area contributed by atoms with E-state index in [-0.39, 0.29) is 0 Å². The van der Waals surface area contributed by atoms with E-state index in [1.54, 1.807) is 0 Å². The van der Waals surface area contributed by atoms with Crippen LogP contribution >= 0.6 is 11.8 Å². The Hall–Kier alpha value is -0.420. The molecule has 2 heterocycles. The molecule has 2 fully saturated rings. The molecule has 2 saturated heterocycles. The normalized spacial score (nSPS) is 24.2. The Kier molecular flexibility index (Phi) is 9.10. The van der Waals surface area contributed by atoms with E-state index in [9.17, 15) is 0 Å². The summed E-state index contributed by atoms with van der Waals surface area (Å²) in [6.07, 6.45) is 9.53. The van der Waals surface area contributed by atoms with Gasteiger partial charge in [-0.1, -0.05) is 12.8 Å². The molecule has 1 unspecified atom stereocenters. The van der Waals surface area contributed by atoms with Gasteiger partial charge in [0, 0.05) is 18.3 Å². The fourth-order valence-electron chi connectivity index (χ4n) is 3.19. The largest absolute Gasteiger partial charge is 0.357 e. The SMILES string of the molecule is CCNC(=NCC1CCCS1)NCCCN1CCCCCC1. The number of guanidine groups is 1. The predicted octanol–water partition coefficient (Wildman–Crippen LogP) is 2.70. The molecule has 2 aliphatic heterocycles. The number of aliphatic imine (C=N–C) groups is 1. The van der Waals surface area contributed by atoms with Crippen molar-refractivity contribution in [2.75, 3.05) is 45.0 Å². The highest BCUT2D eigenvalue weighted by Gasteiger charge is 2.15. The van der Waals surface area contributed by atoms with Crippen molar-refractivity contribution in [3.05, 3.63) is 0 Å². The van der Waals surface area contributed by atoms with Crippen LogP contribution in [0.5, 0.6) is 0 Å². The highest BCUT2D eigenvalue weighted by Crippen LogP contribution is 2.25. The van der Waals surface area contributed by atoms with Gasteiger partial charge in [0.05, 0.1) is 6.54 Å². The minimum absolute atomic E-state index is 0.743. The van der Waals surface area contributed by atoms with Crippen LogP contribution in [-0.4, -0.2) is 61.1 Å². The van der Waals surface area contributed by atoms with Gasteiger partial charge in [0.1, 0.15) is 0 Å². The molecule has 0 spiro atoms. The Morgan fingerprint density at radius 1 is 1.14 bits per heavy atom. The molecule has 4 nitrogen and oxygen atoms in total. The lowest BCUT2D eigenvalue weighted by Crippen LogP contribution is -2.39. The van der Waals surface area contributed by atoms with Crippen molar-refractivity contribution in [3.8, 4) is 0 Å².